The number of benzene rings is 1. The first-order valence-electron chi connectivity index (χ1n) is 11.8. The Morgan fingerprint density at radius 2 is 2.03 bits per heavy atom. The van der Waals surface area contributed by atoms with Gasteiger partial charge < -0.3 is 20.3 Å². The number of fused-ring (bicyclic) bond motifs is 1. The van der Waals surface area contributed by atoms with Crippen LogP contribution in [-0.4, -0.2) is 58.0 Å². The lowest BCUT2D eigenvalue weighted by Crippen LogP contribution is -2.40. The molecule has 9 heteroatoms. The van der Waals surface area contributed by atoms with Crippen molar-refractivity contribution in [2.45, 2.75) is 64.6 Å². The molecule has 1 aromatic heterocycles. The molecular formula is C25H32ClN5O3. The maximum Gasteiger partial charge on any atom is 0.254 e. The average molecular weight is 486 g/mol. The van der Waals surface area contributed by atoms with Gasteiger partial charge in [0.2, 0.25) is 11.9 Å². The molecule has 2 amide bonds. The van der Waals surface area contributed by atoms with Gasteiger partial charge in [-0.05, 0) is 51.7 Å². The van der Waals surface area contributed by atoms with E-state index in [1.54, 1.807) is 11.1 Å². The summed E-state index contributed by atoms with van der Waals surface area (Å²) in [6.07, 6.45) is 4.41. The monoisotopic (exact) mass is 485 g/mol. The van der Waals surface area contributed by atoms with E-state index >= 15 is 0 Å². The molecule has 0 spiro atoms. The minimum Gasteiger partial charge on any atom is -0.381 e. The lowest BCUT2D eigenvalue weighted by molar-refractivity contribution is -0.122. The van der Waals surface area contributed by atoms with Crippen LogP contribution in [0.2, 0.25) is 5.02 Å². The first kappa shape index (κ1) is 24.4. The molecule has 0 bridgehead atoms. The Bertz CT molecular complexity index is 1060. The first-order chi connectivity index (χ1) is 16.2. The molecule has 8 nitrogen and oxygen atoms in total. The quantitative estimate of drug-likeness (QED) is 0.614. The Hall–Kier alpha value is -2.71. The minimum atomic E-state index is -0.254. The zero-order valence-corrected chi connectivity index (χ0v) is 20.7. The van der Waals surface area contributed by atoms with E-state index in [-0.39, 0.29) is 23.4 Å². The number of hydrogen-bond donors (Lipinski definition) is 2. The van der Waals surface area contributed by atoms with Gasteiger partial charge in [0, 0.05) is 55.4 Å². The Labute approximate surface area is 205 Å². The lowest BCUT2D eigenvalue weighted by atomic mass is 10.0. The number of amides is 2. The van der Waals surface area contributed by atoms with Gasteiger partial charge in [0.1, 0.15) is 0 Å². The van der Waals surface area contributed by atoms with Crippen molar-refractivity contribution in [2.75, 3.05) is 25.1 Å². The highest BCUT2D eigenvalue weighted by molar-refractivity contribution is 6.33. The number of ether oxygens (including phenoxy) is 1. The lowest BCUT2D eigenvalue weighted by Gasteiger charge is -2.23. The molecule has 3 heterocycles. The molecule has 4 rings (SSSR count). The van der Waals surface area contributed by atoms with Crippen LogP contribution in [0.15, 0.2) is 24.4 Å². The SMILES string of the molecule is CC(C)(C)NC(=O)CCCN1Cc2ccc(-c3nc(NC4CCOCC4)ncc3Cl)cc2C1=O. The van der Waals surface area contributed by atoms with Crippen molar-refractivity contribution in [3.8, 4) is 11.3 Å². The van der Waals surface area contributed by atoms with Crippen molar-refractivity contribution in [1.29, 1.82) is 0 Å². The fourth-order valence-corrected chi connectivity index (χ4v) is 4.46. The summed E-state index contributed by atoms with van der Waals surface area (Å²) in [4.78, 5) is 35.9. The maximum atomic E-state index is 13.0. The maximum absolute atomic E-state index is 13.0. The normalized spacial score (nSPS) is 16.5. The van der Waals surface area contributed by atoms with Crippen molar-refractivity contribution < 1.29 is 14.3 Å². The molecular weight excluding hydrogens is 454 g/mol. The second kappa shape index (κ2) is 10.3. The molecule has 2 aliphatic heterocycles. The number of hydrogen-bond acceptors (Lipinski definition) is 6. The van der Waals surface area contributed by atoms with E-state index in [1.165, 1.54) is 0 Å². The van der Waals surface area contributed by atoms with Gasteiger partial charge in [-0.1, -0.05) is 23.7 Å². The van der Waals surface area contributed by atoms with E-state index < -0.39 is 0 Å². The fraction of sp³-hybridized carbons (Fsp3) is 0.520. The van der Waals surface area contributed by atoms with Crippen LogP contribution in [-0.2, 0) is 16.1 Å². The third-order valence-electron chi connectivity index (χ3n) is 5.91. The predicted octanol–water partition coefficient (Wildman–Crippen LogP) is 4.04. The first-order valence-corrected chi connectivity index (χ1v) is 12.2. The summed E-state index contributed by atoms with van der Waals surface area (Å²) < 4.78 is 5.41. The largest absolute Gasteiger partial charge is 0.381 e. The summed E-state index contributed by atoms with van der Waals surface area (Å²) in [6.45, 7) is 8.40. The van der Waals surface area contributed by atoms with Crippen molar-refractivity contribution in [3.05, 3.63) is 40.5 Å². The van der Waals surface area contributed by atoms with Gasteiger partial charge in [-0.25, -0.2) is 9.97 Å². The van der Waals surface area contributed by atoms with Crippen LogP contribution in [0.25, 0.3) is 11.3 Å². The Morgan fingerprint density at radius 3 is 2.76 bits per heavy atom. The molecule has 0 unspecified atom stereocenters. The number of halogens is 1. The van der Waals surface area contributed by atoms with Gasteiger partial charge >= 0.3 is 0 Å². The molecule has 0 aliphatic carbocycles. The molecule has 2 aromatic rings. The summed E-state index contributed by atoms with van der Waals surface area (Å²) in [5, 5.41) is 6.75. The topological polar surface area (TPSA) is 96.5 Å². The average Bonchev–Trinajstić information content (AvgIpc) is 3.09. The molecule has 0 atom stereocenters. The van der Waals surface area contributed by atoms with Crippen molar-refractivity contribution in [2.24, 2.45) is 0 Å². The van der Waals surface area contributed by atoms with Crippen LogP contribution in [0.5, 0.6) is 0 Å². The number of carbonyl (C=O) groups is 2. The number of nitrogens with one attached hydrogen (secondary N) is 2. The highest BCUT2D eigenvalue weighted by Gasteiger charge is 2.28. The van der Waals surface area contributed by atoms with Gasteiger partial charge in [-0.3, -0.25) is 9.59 Å². The molecule has 1 fully saturated rings. The zero-order chi connectivity index (χ0) is 24.3. The van der Waals surface area contributed by atoms with Crippen molar-refractivity contribution in [3.63, 3.8) is 0 Å². The molecule has 0 radical (unpaired) electrons. The van der Waals surface area contributed by atoms with Gasteiger partial charge in [-0.15, -0.1) is 0 Å². The van der Waals surface area contributed by atoms with Crippen LogP contribution in [0.1, 0.15) is 62.4 Å². The molecule has 1 aromatic carbocycles. The fourth-order valence-electron chi connectivity index (χ4n) is 4.26. The molecule has 182 valence electrons. The third-order valence-corrected chi connectivity index (χ3v) is 6.18. The van der Waals surface area contributed by atoms with Gasteiger partial charge in [-0.2, -0.15) is 0 Å². The standard InChI is InChI=1S/C25H32ClN5O3/c1-25(2,3)30-21(32)5-4-10-31-15-17-7-6-16(13-19(17)23(31)33)22-20(26)14-27-24(29-22)28-18-8-11-34-12-9-18/h6-7,13-14,18H,4-5,8-12,15H2,1-3H3,(H,30,32)(H,27,28,29). The number of aromatic nitrogens is 2. The van der Waals surface area contributed by atoms with E-state index in [2.05, 4.69) is 20.6 Å². The van der Waals surface area contributed by atoms with E-state index in [1.807, 2.05) is 39.0 Å². The number of nitrogens with zero attached hydrogens (tertiary/aromatic N) is 3. The van der Waals surface area contributed by atoms with E-state index in [9.17, 15) is 9.59 Å². The van der Waals surface area contributed by atoms with Crippen molar-refractivity contribution >= 4 is 29.4 Å². The molecule has 2 N–H and O–H groups in total. The third kappa shape index (κ3) is 6.04. The van der Waals surface area contributed by atoms with Crippen LogP contribution in [0.4, 0.5) is 5.95 Å². The molecule has 2 aliphatic rings. The molecule has 34 heavy (non-hydrogen) atoms. The summed E-state index contributed by atoms with van der Waals surface area (Å²) in [5.41, 5.74) is 2.75. The number of anilines is 1. The van der Waals surface area contributed by atoms with Gasteiger partial charge in [0.15, 0.2) is 0 Å². The molecule has 1 saturated heterocycles. The van der Waals surface area contributed by atoms with Crippen LogP contribution in [0, 0.1) is 0 Å². The van der Waals surface area contributed by atoms with E-state index in [0.717, 1.165) is 37.2 Å². The second-order valence-corrected chi connectivity index (χ2v) is 10.3. The highest BCUT2D eigenvalue weighted by atomic mass is 35.5. The van der Waals surface area contributed by atoms with E-state index in [4.69, 9.17) is 16.3 Å². The number of rotatable bonds is 7. The van der Waals surface area contributed by atoms with Crippen LogP contribution >= 0.6 is 11.6 Å². The van der Waals surface area contributed by atoms with Crippen LogP contribution in [0.3, 0.4) is 0 Å². The van der Waals surface area contributed by atoms with Crippen LogP contribution < -0.4 is 10.6 Å². The van der Waals surface area contributed by atoms with Gasteiger partial charge in [0.05, 0.1) is 16.9 Å². The summed E-state index contributed by atoms with van der Waals surface area (Å²) in [7, 11) is 0. The number of carbonyl (C=O) groups excluding carboxylic acids is 2. The van der Waals surface area contributed by atoms with Gasteiger partial charge in [0.25, 0.3) is 5.91 Å². The van der Waals surface area contributed by atoms with Crippen molar-refractivity contribution in [1.82, 2.24) is 20.2 Å². The second-order valence-electron chi connectivity index (χ2n) is 9.92. The predicted molar refractivity (Wildman–Crippen MR) is 132 cm³/mol. The smallest absolute Gasteiger partial charge is 0.254 e. The minimum absolute atomic E-state index is 0.00233. The summed E-state index contributed by atoms with van der Waals surface area (Å²) in [6, 6.07) is 6.03. The zero-order valence-electron chi connectivity index (χ0n) is 20.0. The highest BCUT2D eigenvalue weighted by Crippen LogP contribution is 2.31. The summed E-state index contributed by atoms with van der Waals surface area (Å²) >= 11 is 6.43. The summed E-state index contributed by atoms with van der Waals surface area (Å²) in [5.74, 6) is 0.495. The van der Waals surface area contributed by atoms with E-state index in [0.29, 0.717) is 48.2 Å². The molecule has 0 saturated carbocycles. The Kier molecular flexibility index (Phi) is 7.38. The Balaban J connectivity index is 1.42. The Morgan fingerprint density at radius 1 is 1.26 bits per heavy atom.